The van der Waals surface area contributed by atoms with Gasteiger partial charge in [-0.3, -0.25) is 14.5 Å². The maximum absolute atomic E-state index is 13.6. The summed E-state index contributed by atoms with van der Waals surface area (Å²) in [5.41, 5.74) is 2.03. The van der Waals surface area contributed by atoms with Crippen molar-refractivity contribution in [1.29, 1.82) is 5.26 Å². The van der Waals surface area contributed by atoms with Crippen LogP contribution in [0.1, 0.15) is 29.5 Å². The van der Waals surface area contributed by atoms with Crippen molar-refractivity contribution in [2.45, 2.75) is 25.9 Å². The molecule has 31 heavy (non-hydrogen) atoms. The fraction of sp³-hybridized carbons (Fsp3) is 0.304. The summed E-state index contributed by atoms with van der Waals surface area (Å²) in [4.78, 5) is 40.9. The van der Waals surface area contributed by atoms with E-state index in [0.717, 1.165) is 10.5 Å². The second kappa shape index (κ2) is 9.85. The van der Waals surface area contributed by atoms with E-state index in [-0.39, 0.29) is 49.7 Å². The largest absolute Gasteiger partial charge is 0.334 e. The van der Waals surface area contributed by atoms with Gasteiger partial charge in [0, 0.05) is 33.1 Å². The molecule has 7 nitrogen and oxygen atoms in total. The van der Waals surface area contributed by atoms with Gasteiger partial charge < -0.3 is 9.80 Å². The molecular weight excluding hydrogens is 399 g/mol. The van der Waals surface area contributed by atoms with E-state index in [2.05, 4.69) is 6.07 Å². The summed E-state index contributed by atoms with van der Waals surface area (Å²) in [5.74, 6) is -0.811. The number of carbonyl (C=O) groups is 3. The van der Waals surface area contributed by atoms with Crippen molar-refractivity contribution < 1.29 is 18.8 Å². The number of urea groups is 1. The molecule has 3 rings (SSSR count). The fourth-order valence-electron chi connectivity index (χ4n) is 3.43. The smallest absolute Gasteiger partial charge is 0.326 e. The number of halogens is 1. The molecule has 160 valence electrons. The maximum atomic E-state index is 13.6. The molecule has 0 aromatic heterocycles. The van der Waals surface area contributed by atoms with Crippen molar-refractivity contribution in [3.8, 4) is 6.07 Å². The Morgan fingerprint density at radius 3 is 2.45 bits per heavy atom. The number of hydrogen-bond acceptors (Lipinski definition) is 4. The lowest BCUT2D eigenvalue weighted by Gasteiger charge is -2.24. The summed E-state index contributed by atoms with van der Waals surface area (Å²) in [6.45, 7) is 0.752. The molecule has 0 atom stereocenters. The van der Waals surface area contributed by atoms with Crippen LogP contribution in [-0.2, 0) is 22.7 Å². The minimum absolute atomic E-state index is 0.0527. The van der Waals surface area contributed by atoms with E-state index in [1.807, 2.05) is 0 Å². The summed E-state index contributed by atoms with van der Waals surface area (Å²) in [6.07, 6.45) is 0.490. The molecule has 0 unspecified atom stereocenters. The van der Waals surface area contributed by atoms with E-state index >= 15 is 0 Å². The van der Waals surface area contributed by atoms with E-state index in [4.69, 9.17) is 5.26 Å². The average Bonchev–Trinajstić information content (AvgIpc) is 2.99. The van der Waals surface area contributed by atoms with Crippen LogP contribution in [0.3, 0.4) is 0 Å². The molecule has 0 saturated carbocycles. The first-order valence-corrected chi connectivity index (χ1v) is 9.94. The van der Waals surface area contributed by atoms with Gasteiger partial charge in [0.05, 0.1) is 11.6 Å². The summed E-state index contributed by atoms with van der Waals surface area (Å²) in [7, 11) is 1.56. The summed E-state index contributed by atoms with van der Waals surface area (Å²) < 4.78 is 13.6. The summed E-state index contributed by atoms with van der Waals surface area (Å²) in [5, 5.41) is 8.96. The molecule has 0 aliphatic carbocycles. The van der Waals surface area contributed by atoms with Crippen LogP contribution >= 0.6 is 0 Å². The van der Waals surface area contributed by atoms with Crippen molar-refractivity contribution in [3.63, 3.8) is 0 Å². The lowest BCUT2D eigenvalue weighted by atomic mass is 10.1. The highest BCUT2D eigenvalue weighted by Crippen LogP contribution is 2.15. The van der Waals surface area contributed by atoms with Crippen LogP contribution in [0.25, 0.3) is 0 Å². The zero-order valence-electron chi connectivity index (χ0n) is 17.3. The predicted octanol–water partition coefficient (Wildman–Crippen LogP) is 2.90. The van der Waals surface area contributed by atoms with E-state index in [1.54, 1.807) is 48.3 Å². The predicted molar refractivity (Wildman–Crippen MR) is 111 cm³/mol. The van der Waals surface area contributed by atoms with Crippen molar-refractivity contribution in [1.82, 2.24) is 14.7 Å². The highest BCUT2D eigenvalue weighted by atomic mass is 19.1. The molecule has 1 aliphatic rings. The van der Waals surface area contributed by atoms with Crippen LogP contribution < -0.4 is 0 Å². The van der Waals surface area contributed by atoms with Crippen LogP contribution in [-0.4, -0.2) is 52.7 Å². The zero-order chi connectivity index (χ0) is 22.4. The number of nitriles is 1. The van der Waals surface area contributed by atoms with E-state index in [1.165, 1.54) is 17.0 Å². The third-order valence-electron chi connectivity index (χ3n) is 5.07. The first kappa shape index (κ1) is 22.0. The maximum Gasteiger partial charge on any atom is 0.326 e. The van der Waals surface area contributed by atoms with Crippen LogP contribution in [0.5, 0.6) is 0 Å². The van der Waals surface area contributed by atoms with Gasteiger partial charge in [-0.25, -0.2) is 9.18 Å². The third-order valence-corrected chi connectivity index (χ3v) is 5.07. The number of carbonyl (C=O) groups excluding carboxylic acids is 3. The van der Waals surface area contributed by atoms with Crippen LogP contribution in [0, 0.1) is 17.1 Å². The van der Waals surface area contributed by atoms with Gasteiger partial charge in [0.1, 0.15) is 12.4 Å². The monoisotopic (exact) mass is 422 g/mol. The molecule has 2 aromatic rings. The third kappa shape index (κ3) is 5.66. The van der Waals surface area contributed by atoms with E-state index in [0.29, 0.717) is 24.1 Å². The van der Waals surface area contributed by atoms with Gasteiger partial charge in [-0.05, 0) is 41.8 Å². The Balaban J connectivity index is 1.67. The molecule has 0 spiro atoms. The van der Waals surface area contributed by atoms with Crippen molar-refractivity contribution in [2.75, 3.05) is 20.1 Å². The quantitative estimate of drug-likeness (QED) is 0.613. The number of nitrogens with zero attached hydrogens (tertiary/aromatic N) is 4. The molecule has 4 amide bonds. The first-order chi connectivity index (χ1) is 14.9. The summed E-state index contributed by atoms with van der Waals surface area (Å²) in [6, 6.07) is 14.7. The Morgan fingerprint density at radius 1 is 1.13 bits per heavy atom. The van der Waals surface area contributed by atoms with Crippen molar-refractivity contribution >= 4 is 17.8 Å². The molecular formula is C23H23FN4O3. The lowest BCUT2D eigenvalue weighted by molar-refractivity contribution is -0.133. The number of likely N-dealkylation sites (N-methyl/N-ethyl adjacent to an activating group) is 1. The van der Waals surface area contributed by atoms with Gasteiger partial charge in [-0.15, -0.1) is 0 Å². The molecule has 1 aliphatic heterocycles. The molecule has 0 radical (unpaired) electrons. The first-order valence-electron chi connectivity index (χ1n) is 9.94. The second-order valence-electron chi connectivity index (χ2n) is 7.48. The lowest BCUT2D eigenvalue weighted by Crippen LogP contribution is -2.34. The SMILES string of the molecule is CN1CC(=O)N(CCCC(=O)N(Cc2ccc(C#N)cc2)Cc2cccc(F)c2)C1=O. The Morgan fingerprint density at radius 2 is 1.84 bits per heavy atom. The minimum Gasteiger partial charge on any atom is -0.334 e. The van der Waals surface area contributed by atoms with Gasteiger partial charge in [-0.2, -0.15) is 5.26 Å². The highest BCUT2D eigenvalue weighted by Gasteiger charge is 2.33. The summed E-state index contributed by atoms with van der Waals surface area (Å²) >= 11 is 0. The highest BCUT2D eigenvalue weighted by molar-refractivity contribution is 6.01. The zero-order valence-corrected chi connectivity index (χ0v) is 17.3. The molecule has 0 N–H and O–H groups in total. The Hall–Kier alpha value is -3.73. The molecule has 2 aromatic carbocycles. The Labute approximate surface area is 180 Å². The number of benzene rings is 2. The van der Waals surface area contributed by atoms with Gasteiger partial charge in [0.25, 0.3) is 0 Å². The van der Waals surface area contributed by atoms with Crippen LogP contribution in [0.15, 0.2) is 48.5 Å². The fourth-order valence-corrected chi connectivity index (χ4v) is 3.43. The Kier molecular flexibility index (Phi) is 6.98. The molecule has 1 heterocycles. The van der Waals surface area contributed by atoms with E-state index < -0.39 is 0 Å². The second-order valence-corrected chi connectivity index (χ2v) is 7.48. The van der Waals surface area contributed by atoms with Crippen molar-refractivity contribution in [2.24, 2.45) is 0 Å². The van der Waals surface area contributed by atoms with Gasteiger partial charge in [0.2, 0.25) is 11.8 Å². The van der Waals surface area contributed by atoms with Gasteiger partial charge in [-0.1, -0.05) is 24.3 Å². The number of imide groups is 1. The number of amides is 4. The number of rotatable bonds is 8. The molecule has 1 saturated heterocycles. The number of hydrogen-bond donors (Lipinski definition) is 0. The van der Waals surface area contributed by atoms with Crippen LogP contribution in [0.4, 0.5) is 9.18 Å². The van der Waals surface area contributed by atoms with Gasteiger partial charge >= 0.3 is 6.03 Å². The van der Waals surface area contributed by atoms with Gasteiger partial charge in [0.15, 0.2) is 0 Å². The average molecular weight is 422 g/mol. The normalized spacial score (nSPS) is 13.5. The molecule has 1 fully saturated rings. The van der Waals surface area contributed by atoms with Crippen molar-refractivity contribution in [3.05, 3.63) is 71.0 Å². The minimum atomic E-state index is -0.376. The molecule has 8 heteroatoms. The van der Waals surface area contributed by atoms with Crippen LogP contribution in [0.2, 0.25) is 0 Å². The topological polar surface area (TPSA) is 84.7 Å². The molecule has 0 bridgehead atoms. The van der Waals surface area contributed by atoms with E-state index in [9.17, 15) is 18.8 Å². The Bertz CT molecular complexity index is 1020. The standard InChI is InChI=1S/C23H23FN4O3/c1-26-16-22(30)28(23(26)31)11-3-6-21(29)27(15-19-4-2-5-20(24)12-19)14-18-9-7-17(13-25)8-10-18/h2,4-5,7-10,12H,3,6,11,14-16H2,1H3.